The molecule has 14 heavy (non-hydrogen) atoms. The van der Waals surface area contributed by atoms with Gasteiger partial charge in [-0.05, 0) is 24.3 Å². The minimum atomic E-state index is -0.680. The zero-order valence-corrected chi connectivity index (χ0v) is 8.02. The highest BCUT2D eigenvalue weighted by Crippen LogP contribution is 2.39. The summed E-state index contributed by atoms with van der Waals surface area (Å²) >= 11 is 0. The van der Waals surface area contributed by atoms with Gasteiger partial charge in [-0.3, -0.25) is 4.79 Å². The van der Waals surface area contributed by atoms with E-state index in [2.05, 4.69) is 0 Å². The molecule has 2 rings (SSSR count). The van der Waals surface area contributed by atoms with Gasteiger partial charge in [-0.1, -0.05) is 36.8 Å². The maximum Gasteiger partial charge on any atom is 0.311 e. The molecule has 1 atom stereocenters. The van der Waals surface area contributed by atoms with Gasteiger partial charge in [0.05, 0.1) is 5.92 Å². The van der Waals surface area contributed by atoms with E-state index in [0.717, 1.165) is 18.4 Å². The molecule has 1 fully saturated rings. The van der Waals surface area contributed by atoms with E-state index in [1.165, 1.54) is 6.42 Å². The molecule has 1 saturated carbocycles. The fourth-order valence-electron chi connectivity index (χ4n) is 2.05. The van der Waals surface area contributed by atoms with Crippen molar-refractivity contribution < 1.29 is 9.90 Å². The van der Waals surface area contributed by atoms with Gasteiger partial charge >= 0.3 is 5.97 Å². The average Bonchev–Trinajstić information content (AvgIpc) is 2.12. The standard InChI is InChI=1S/C12H14O2/c13-12(14)11(10-7-4-8-10)9-5-2-1-3-6-9/h1-3,5-6,10-11H,4,7-8H2,(H,13,14). The lowest BCUT2D eigenvalue weighted by molar-refractivity contribution is -0.141. The lowest BCUT2D eigenvalue weighted by Crippen LogP contribution is -2.26. The number of rotatable bonds is 3. The fourth-order valence-corrected chi connectivity index (χ4v) is 2.05. The van der Waals surface area contributed by atoms with Crippen LogP contribution in [0.25, 0.3) is 0 Å². The van der Waals surface area contributed by atoms with Crippen molar-refractivity contribution >= 4 is 5.97 Å². The van der Waals surface area contributed by atoms with E-state index in [4.69, 9.17) is 5.11 Å². The number of carboxylic acid groups (broad SMARTS) is 1. The van der Waals surface area contributed by atoms with Gasteiger partial charge in [-0.2, -0.15) is 0 Å². The van der Waals surface area contributed by atoms with E-state index >= 15 is 0 Å². The summed E-state index contributed by atoms with van der Waals surface area (Å²) in [6.45, 7) is 0. The van der Waals surface area contributed by atoms with Gasteiger partial charge in [0.2, 0.25) is 0 Å². The van der Waals surface area contributed by atoms with Crippen molar-refractivity contribution in [2.45, 2.75) is 25.2 Å². The van der Waals surface area contributed by atoms with Crippen LogP contribution >= 0.6 is 0 Å². The number of carbonyl (C=O) groups is 1. The van der Waals surface area contributed by atoms with Gasteiger partial charge in [0.15, 0.2) is 0 Å². The van der Waals surface area contributed by atoms with Crippen molar-refractivity contribution in [1.82, 2.24) is 0 Å². The summed E-state index contributed by atoms with van der Waals surface area (Å²) < 4.78 is 0. The Morgan fingerprint density at radius 3 is 2.36 bits per heavy atom. The number of carboxylic acids is 1. The summed E-state index contributed by atoms with van der Waals surface area (Å²) in [5.41, 5.74) is 0.949. The lowest BCUT2D eigenvalue weighted by atomic mass is 9.73. The van der Waals surface area contributed by atoms with E-state index < -0.39 is 5.97 Å². The smallest absolute Gasteiger partial charge is 0.311 e. The maximum absolute atomic E-state index is 11.1. The monoisotopic (exact) mass is 190 g/mol. The molecule has 0 aliphatic heterocycles. The largest absolute Gasteiger partial charge is 0.481 e. The molecule has 0 heterocycles. The Hall–Kier alpha value is -1.31. The molecule has 1 aliphatic rings. The van der Waals surface area contributed by atoms with Crippen LogP contribution in [0.3, 0.4) is 0 Å². The molecule has 2 heteroatoms. The van der Waals surface area contributed by atoms with E-state index in [9.17, 15) is 4.79 Å². The second-order valence-corrected chi connectivity index (χ2v) is 3.92. The number of hydrogen-bond donors (Lipinski definition) is 1. The zero-order chi connectivity index (χ0) is 9.97. The lowest BCUT2D eigenvalue weighted by Gasteiger charge is -2.31. The van der Waals surface area contributed by atoms with Gasteiger partial charge in [-0.15, -0.1) is 0 Å². The molecule has 1 aliphatic carbocycles. The summed E-state index contributed by atoms with van der Waals surface area (Å²) in [6, 6.07) is 9.56. The molecule has 0 radical (unpaired) electrons. The predicted molar refractivity (Wildman–Crippen MR) is 54.2 cm³/mol. The highest BCUT2D eigenvalue weighted by Gasteiger charge is 2.33. The quantitative estimate of drug-likeness (QED) is 0.795. The van der Waals surface area contributed by atoms with Crippen LogP contribution in [0.15, 0.2) is 30.3 Å². The first-order valence-electron chi connectivity index (χ1n) is 5.07. The van der Waals surface area contributed by atoms with E-state index in [0.29, 0.717) is 5.92 Å². The molecule has 0 aromatic heterocycles. The second-order valence-electron chi connectivity index (χ2n) is 3.92. The van der Waals surface area contributed by atoms with Crippen molar-refractivity contribution in [3.8, 4) is 0 Å². The van der Waals surface area contributed by atoms with Gasteiger partial charge in [0.1, 0.15) is 0 Å². The van der Waals surface area contributed by atoms with Crippen LogP contribution in [0, 0.1) is 5.92 Å². The van der Waals surface area contributed by atoms with E-state index in [1.807, 2.05) is 30.3 Å². The highest BCUT2D eigenvalue weighted by molar-refractivity contribution is 5.76. The molecule has 1 unspecified atom stereocenters. The van der Waals surface area contributed by atoms with E-state index in [1.54, 1.807) is 0 Å². The van der Waals surface area contributed by atoms with Crippen LogP contribution in [0.4, 0.5) is 0 Å². The Kier molecular flexibility index (Phi) is 2.53. The Morgan fingerprint density at radius 1 is 1.29 bits per heavy atom. The molecule has 0 spiro atoms. The zero-order valence-electron chi connectivity index (χ0n) is 8.02. The molecule has 1 N–H and O–H groups in total. The summed E-state index contributed by atoms with van der Waals surface area (Å²) in [5.74, 6) is -0.610. The predicted octanol–water partition coefficient (Wildman–Crippen LogP) is 2.65. The highest BCUT2D eigenvalue weighted by atomic mass is 16.4. The first kappa shape index (κ1) is 9.25. The minimum Gasteiger partial charge on any atom is -0.481 e. The van der Waals surface area contributed by atoms with Gasteiger partial charge in [0, 0.05) is 0 Å². The molecule has 0 saturated heterocycles. The summed E-state index contributed by atoms with van der Waals surface area (Å²) in [7, 11) is 0. The molecule has 2 nitrogen and oxygen atoms in total. The van der Waals surface area contributed by atoms with Crippen LogP contribution in [-0.4, -0.2) is 11.1 Å². The van der Waals surface area contributed by atoms with Crippen LogP contribution in [-0.2, 0) is 4.79 Å². The van der Waals surface area contributed by atoms with Crippen molar-refractivity contribution in [2.24, 2.45) is 5.92 Å². The third kappa shape index (κ3) is 1.65. The molecular weight excluding hydrogens is 176 g/mol. The third-order valence-corrected chi connectivity index (χ3v) is 3.05. The van der Waals surface area contributed by atoms with Crippen molar-refractivity contribution in [2.75, 3.05) is 0 Å². The maximum atomic E-state index is 11.1. The van der Waals surface area contributed by atoms with Crippen LogP contribution in [0.5, 0.6) is 0 Å². The molecule has 0 bridgehead atoms. The number of aliphatic carboxylic acids is 1. The first-order chi connectivity index (χ1) is 6.79. The fraction of sp³-hybridized carbons (Fsp3) is 0.417. The summed E-state index contributed by atoms with van der Waals surface area (Å²) in [6.07, 6.45) is 3.30. The minimum absolute atomic E-state index is 0.287. The molecule has 1 aromatic rings. The third-order valence-electron chi connectivity index (χ3n) is 3.05. The Morgan fingerprint density at radius 2 is 1.93 bits per heavy atom. The average molecular weight is 190 g/mol. The van der Waals surface area contributed by atoms with Gasteiger partial charge in [-0.25, -0.2) is 0 Å². The molecular formula is C12H14O2. The SMILES string of the molecule is O=C(O)C(c1ccccc1)C1CCC1. The second kappa shape index (κ2) is 3.82. The van der Waals surface area contributed by atoms with Crippen molar-refractivity contribution in [3.63, 3.8) is 0 Å². The van der Waals surface area contributed by atoms with Crippen LogP contribution in [0.2, 0.25) is 0 Å². The van der Waals surface area contributed by atoms with Gasteiger partial charge < -0.3 is 5.11 Å². The van der Waals surface area contributed by atoms with Crippen LogP contribution in [0.1, 0.15) is 30.7 Å². The Balaban J connectivity index is 2.22. The van der Waals surface area contributed by atoms with Crippen molar-refractivity contribution in [3.05, 3.63) is 35.9 Å². The Labute approximate surface area is 83.6 Å². The van der Waals surface area contributed by atoms with Crippen LogP contribution < -0.4 is 0 Å². The first-order valence-corrected chi connectivity index (χ1v) is 5.07. The van der Waals surface area contributed by atoms with Gasteiger partial charge in [0.25, 0.3) is 0 Å². The molecule has 74 valence electrons. The normalized spacial score (nSPS) is 18.6. The van der Waals surface area contributed by atoms with E-state index in [-0.39, 0.29) is 5.92 Å². The summed E-state index contributed by atoms with van der Waals surface area (Å²) in [5, 5.41) is 9.16. The van der Waals surface area contributed by atoms with Crippen molar-refractivity contribution in [1.29, 1.82) is 0 Å². The topological polar surface area (TPSA) is 37.3 Å². The molecule has 0 amide bonds. The Bertz CT molecular complexity index is 314. The summed E-state index contributed by atoms with van der Waals surface area (Å²) in [4.78, 5) is 11.1. The number of benzene rings is 1. The number of hydrogen-bond acceptors (Lipinski definition) is 1. The molecule has 1 aromatic carbocycles.